The van der Waals surface area contributed by atoms with Gasteiger partial charge in [0, 0.05) is 35.2 Å². The standard InChI is InChI=1S/C21H20N4O2S/c22-8-12-5-14(10-24-9-12)13-1-3-18-16(6-13)21(11-28-20(23)25-21)17-7-15(26)2-4-19(17)27-18/h1,3,5-6,9-10,15,17,19,26H,2,4,7,11H2,(H2,23,25)/t15-,17-,19-,21-/m0/s1. The first-order valence-corrected chi connectivity index (χ1v) is 10.4. The van der Waals surface area contributed by atoms with Crippen molar-refractivity contribution in [1.82, 2.24) is 4.98 Å². The van der Waals surface area contributed by atoms with Crippen molar-refractivity contribution >= 4 is 16.9 Å². The summed E-state index contributed by atoms with van der Waals surface area (Å²) < 4.78 is 6.34. The minimum Gasteiger partial charge on any atom is -0.490 e. The maximum Gasteiger partial charge on any atom is 0.154 e. The molecule has 4 atom stereocenters. The summed E-state index contributed by atoms with van der Waals surface area (Å²) in [6, 6.07) is 10.0. The number of rotatable bonds is 1. The van der Waals surface area contributed by atoms with E-state index >= 15 is 0 Å². The van der Waals surface area contributed by atoms with E-state index in [1.807, 2.05) is 18.2 Å². The molecule has 0 bridgehead atoms. The number of aliphatic hydroxyl groups excluding tert-OH is 1. The van der Waals surface area contributed by atoms with Crippen LogP contribution in [0, 0.1) is 17.2 Å². The number of amidine groups is 1. The summed E-state index contributed by atoms with van der Waals surface area (Å²) >= 11 is 1.57. The number of aliphatic hydroxyl groups is 1. The van der Waals surface area contributed by atoms with Gasteiger partial charge in [0.05, 0.1) is 11.7 Å². The molecule has 1 spiro atoms. The van der Waals surface area contributed by atoms with Crippen LogP contribution < -0.4 is 10.5 Å². The second-order valence-electron chi connectivity index (χ2n) is 7.68. The molecule has 1 aromatic carbocycles. The van der Waals surface area contributed by atoms with Crippen LogP contribution in [-0.4, -0.2) is 33.2 Å². The summed E-state index contributed by atoms with van der Waals surface area (Å²) in [5, 5.41) is 20.1. The van der Waals surface area contributed by atoms with Crippen molar-refractivity contribution in [1.29, 1.82) is 5.26 Å². The van der Waals surface area contributed by atoms with E-state index in [0.717, 1.165) is 41.0 Å². The molecule has 3 N–H and O–H groups in total. The Labute approximate surface area is 167 Å². The predicted octanol–water partition coefficient (Wildman–Crippen LogP) is 2.80. The Kier molecular flexibility index (Phi) is 4.07. The third-order valence-electron chi connectivity index (χ3n) is 6.05. The van der Waals surface area contributed by atoms with E-state index < -0.39 is 5.54 Å². The zero-order valence-electron chi connectivity index (χ0n) is 15.2. The van der Waals surface area contributed by atoms with E-state index in [-0.39, 0.29) is 18.1 Å². The number of thioether (sulfide) groups is 1. The molecule has 0 amide bonds. The van der Waals surface area contributed by atoms with Gasteiger partial charge in [-0.3, -0.25) is 4.98 Å². The fraction of sp³-hybridized carbons (Fsp3) is 0.381. The highest BCUT2D eigenvalue weighted by molar-refractivity contribution is 8.14. The van der Waals surface area contributed by atoms with Gasteiger partial charge in [-0.15, -0.1) is 0 Å². The van der Waals surface area contributed by atoms with Crippen LogP contribution in [0.4, 0.5) is 0 Å². The van der Waals surface area contributed by atoms with Gasteiger partial charge in [0.2, 0.25) is 0 Å². The summed E-state index contributed by atoms with van der Waals surface area (Å²) in [4.78, 5) is 9.09. The maximum atomic E-state index is 10.3. The molecule has 3 heterocycles. The van der Waals surface area contributed by atoms with Crippen LogP contribution in [0.15, 0.2) is 41.7 Å². The predicted molar refractivity (Wildman–Crippen MR) is 108 cm³/mol. The SMILES string of the molecule is N#Cc1cncc(-c2ccc3c(c2)[C@@]2(CSC(N)=N2)[C@H]2C[C@@H](O)CC[C@@H]2O3)c1. The number of hydrogen-bond acceptors (Lipinski definition) is 7. The van der Waals surface area contributed by atoms with Crippen LogP contribution in [0.5, 0.6) is 5.75 Å². The number of ether oxygens (including phenoxy) is 1. The Bertz CT molecular complexity index is 1020. The molecule has 28 heavy (non-hydrogen) atoms. The first-order chi connectivity index (χ1) is 13.6. The van der Waals surface area contributed by atoms with Gasteiger partial charge in [-0.1, -0.05) is 17.8 Å². The van der Waals surface area contributed by atoms with Crippen LogP contribution in [0.3, 0.4) is 0 Å². The fourth-order valence-corrected chi connectivity index (χ4v) is 5.74. The van der Waals surface area contributed by atoms with E-state index in [2.05, 4.69) is 17.1 Å². The molecule has 3 aliphatic rings. The zero-order valence-corrected chi connectivity index (χ0v) is 16.0. The lowest BCUT2D eigenvalue weighted by Crippen LogP contribution is -2.51. The van der Waals surface area contributed by atoms with Gasteiger partial charge in [0.25, 0.3) is 0 Å². The Morgan fingerprint density at radius 1 is 1.25 bits per heavy atom. The molecule has 7 heteroatoms. The zero-order chi connectivity index (χ0) is 19.3. The summed E-state index contributed by atoms with van der Waals surface area (Å²) in [7, 11) is 0. The molecule has 142 valence electrons. The third kappa shape index (κ3) is 2.67. The Morgan fingerprint density at radius 3 is 2.93 bits per heavy atom. The van der Waals surface area contributed by atoms with E-state index in [0.29, 0.717) is 17.2 Å². The first kappa shape index (κ1) is 17.5. The van der Waals surface area contributed by atoms with Crippen LogP contribution in [-0.2, 0) is 5.54 Å². The first-order valence-electron chi connectivity index (χ1n) is 9.42. The Morgan fingerprint density at radius 2 is 2.14 bits per heavy atom. The second kappa shape index (κ2) is 6.50. The number of hydrogen-bond donors (Lipinski definition) is 2. The van der Waals surface area contributed by atoms with Crippen LogP contribution in [0.2, 0.25) is 0 Å². The normalized spacial score (nSPS) is 30.7. The van der Waals surface area contributed by atoms with Gasteiger partial charge in [0.1, 0.15) is 23.5 Å². The number of fused-ring (bicyclic) bond motifs is 4. The molecule has 0 saturated heterocycles. The van der Waals surface area contributed by atoms with E-state index in [1.165, 1.54) is 0 Å². The van der Waals surface area contributed by atoms with E-state index in [9.17, 15) is 10.4 Å². The molecule has 1 fully saturated rings. The molecule has 1 aliphatic carbocycles. The molecule has 6 nitrogen and oxygen atoms in total. The largest absolute Gasteiger partial charge is 0.490 e. The summed E-state index contributed by atoms with van der Waals surface area (Å²) in [5.41, 5.74) is 9.00. The van der Waals surface area contributed by atoms with Crippen molar-refractivity contribution < 1.29 is 9.84 Å². The number of aromatic nitrogens is 1. The smallest absolute Gasteiger partial charge is 0.154 e. The molecule has 1 saturated carbocycles. The number of benzene rings is 1. The number of nitriles is 1. The van der Waals surface area contributed by atoms with Crippen LogP contribution in [0.1, 0.15) is 30.4 Å². The van der Waals surface area contributed by atoms with Gasteiger partial charge in [-0.05, 0) is 43.0 Å². The Balaban J connectivity index is 1.66. The van der Waals surface area contributed by atoms with Crippen molar-refractivity contribution in [2.45, 2.75) is 37.0 Å². The average molecular weight is 392 g/mol. The molecule has 2 aromatic rings. The van der Waals surface area contributed by atoms with Crippen molar-refractivity contribution in [3.63, 3.8) is 0 Å². The summed E-state index contributed by atoms with van der Waals surface area (Å²) in [6.07, 6.45) is 5.27. The van der Waals surface area contributed by atoms with Crippen molar-refractivity contribution in [2.24, 2.45) is 16.6 Å². The van der Waals surface area contributed by atoms with E-state index in [1.54, 1.807) is 24.2 Å². The quantitative estimate of drug-likeness (QED) is 0.773. The number of nitrogens with two attached hydrogens (primary N) is 1. The van der Waals surface area contributed by atoms with Crippen molar-refractivity contribution in [2.75, 3.05) is 5.75 Å². The minimum atomic E-state index is -0.481. The van der Waals surface area contributed by atoms with Gasteiger partial charge in [-0.25, -0.2) is 4.99 Å². The topological polar surface area (TPSA) is 105 Å². The molecule has 0 unspecified atom stereocenters. The lowest BCUT2D eigenvalue weighted by Gasteiger charge is -2.48. The lowest BCUT2D eigenvalue weighted by atomic mass is 9.68. The molecule has 1 aromatic heterocycles. The van der Waals surface area contributed by atoms with Gasteiger partial charge in [-0.2, -0.15) is 5.26 Å². The van der Waals surface area contributed by atoms with Crippen molar-refractivity contribution in [3.8, 4) is 22.9 Å². The van der Waals surface area contributed by atoms with Gasteiger partial charge in [0.15, 0.2) is 5.17 Å². The summed E-state index contributed by atoms with van der Waals surface area (Å²) in [5.74, 6) is 1.68. The minimum absolute atomic E-state index is 0.0422. The molecule has 5 rings (SSSR count). The Hall–Kier alpha value is -2.56. The van der Waals surface area contributed by atoms with Crippen LogP contribution in [0.25, 0.3) is 11.1 Å². The lowest BCUT2D eigenvalue weighted by molar-refractivity contribution is -0.0236. The number of pyridine rings is 1. The second-order valence-corrected chi connectivity index (χ2v) is 8.67. The molecular weight excluding hydrogens is 372 g/mol. The average Bonchev–Trinajstić information content (AvgIpc) is 3.11. The molecule has 0 radical (unpaired) electrons. The number of nitrogens with zero attached hydrogens (tertiary/aromatic N) is 3. The maximum absolute atomic E-state index is 10.3. The highest BCUT2D eigenvalue weighted by Gasteiger charge is 2.54. The van der Waals surface area contributed by atoms with Crippen LogP contribution >= 0.6 is 11.8 Å². The molecule has 2 aliphatic heterocycles. The summed E-state index contributed by atoms with van der Waals surface area (Å²) in [6.45, 7) is 0. The highest BCUT2D eigenvalue weighted by atomic mass is 32.2. The van der Waals surface area contributed by atoms with E-state index in [4.69, 9.17) is 15.5 Å². The third-order valence-corrected chi connectivity index (χ3v) is 7.02. The monoisotopic (exact) mass is 392 g/mol. The van der Waals surface area contributed by atoms with Gasteiger partial charge >= 0.3 is 0 Å². The fourth-order valence-electron chi connectivity index (χ4n) is 4.71. The van der Waals surface area contributed by atoms with Gasteiger partial charge < -0.3 is 15.6 Å². The highest BCUT2D eigenvalue weighted by Crippen LogP contribution is 2.54. The number of aliphatic imine (C=N–C) groups is 1. The molecular formula is C21H20N4O2S. The van der Waals surface area contributed by atoms with Crippen molar-refractivity contribution in [3.05, 3.63) is 47.8 Å².